The first kappa shape index (κ1) is 20.0. The number of amides is 1. The summed E-state index contributed by atoms with van der Waals surface area (Å²) < 4.78 is 5.50. The SMILES string of the molecule is Cc1ccccc1NC(=O)OCCN1CCCC12CCC(c1ccccc1)CC2. The van der Waals surface area contributed by atoms with E-state index in [-0.39, 0.29) is 6.09 Å². The second-order valence-corrected chi connectivity index (χ2v) is 8.58. The minimum absolute atomic E-state index is 0.321. The number of ether oxygens (including phenoxy) is 1. The maximum atomic E-state index is 12.2. The summed E-state index contributed by atoms with van der Waals surface area (Å²) in [6.45, 7) is 4.38. The van der Waals surface area contributed by atoms with Crippen LogP contribution in [0.25, 0.3) is 0 Å². The summed E-state index contributed by atoms with van der Waals surface area (Å²) in [4.78, 5) is 14.7. The molecular formula is C25H32N2O2. The summed E-state index contributed by atoms with van der Waals surface area (Å²) in [7, 11) is 0. The maximum Gasteiger partial charge on any atom is 0.411 e. The Kier molecular flexibility index (Phi) is 6.19. The van der Waals surface area contributed by atoms with Crippen molar-refractivity contribution in [3.63, 3.8) is 0 Å². The van der Waals surface area contributed by atoms with Crippen LogP contribution in [0.5, 0.6) is 0 Å². The van der Waals surface area contributed by atoms with Crippen LogP contribution in [0.1, 0.15) is 55.6 Å². The summed E-state index contributed by atoms with van der Waals surface area (Å²) in [5, 5.41) is 2.85. The number of benzene rings is 2. The normalized spacial score (nSPS) is 24.5. The van der Waals surface area contributed by atoms with Gasteiger partial charge in [-0.05, 0) is 75.1 Å². The van der Waals surface area contributed by atoms with Gasteiger partial charge in [0.05, 0.1) is 0 Å². The molecule has 0 radical (unpaired) electrons. The number of likely N-dealkylation sites (tertiary alicyclic amines) is 1. The molecule has 4 rings (SSSR count). The molecule has 154 valence electrons. The highest BCUT2D eigenvalue weighted by atomic mass is 16.5. The molecule has 2 aromatic carbocycles. The molecule has 1 saturated carbocycles. The Labute approximate surface area is 174 Å². The average molecular weight is 393 g/mol. The Morgan fingerprint density at radius 1 is 1.07 bits per heavy atom. The lowest BCUT2D eigenvalue weighted by molar-refractivity contribution is 0.0629. The van der Waals surface area contributed by atoms with Gasteiger partial charge in [-0.3, -0.25) is 10.2 Å². The van der Waals surface area contributed by atoms with Gasteiger partial charge >= 0.3 is 6.09 Å². The van der Waals surface area contributed by atoms with Crippen LogP contribution in [0.15, 0.2) is 54.6 Å². The number of hydrogen-bond donors (Lipinski definition) is 1. The van der Waals surface area contributed by atoms with Gasteiger partial charge in [-0.25, -0.2) is 4.79 Å². The lowest BCUT2D eigenvalue weighted by atomic mass is 9.73. The third kappa shape index (κ3) is 4.64. The Morgan fingerprint density at radius 3 is 2.55 bits per heavy atom. The zero-order valence-electron chi connectivity index (χ0n) is 17.4. The van der Waals surface area contributed by atoms with E-state index in [2.05, 4.69) is 40.5 Å². The number of carbonyl (C=O) groups is 1. The number of anilines is 1. The summed E-state index contributed by atoms with van der Waals surface area (Å²) in [6, 6.07) is 18.7. The van der Waals surface area contributed by atoms with Crippen molar-refractivity contribution >= 4 is 11.8 Å². The molecule has 4 nitrogen and oxygen atoms in total. The molecule has 1 amide bonds. The predicted molar refractivity (Wildman–Crippen MR) is 117 cm³/mol. The van der Waals surface area contributed by atoms with Gasteiger partial charge in [-0.15, -0.1) is 0 Å². The smallest absolute Gasteiger partial charge is 0.411 e. The van der Waals surface area contributed by atoms with Crippen LogP contribution in [-0.2, 0) is 4.74 Å². The number of carbonyl (C=O) groups excluding carboxylic acids is 1. The lowest BCUT2D eigenvalue weighted by Gasteiger charge is -2.44. The van der Waals surface area contributed by atoms with Gasteiger partial charge in [0, 0.05) is 17.8 Å². The fraction of sp³-hybridized carbons (Fsp3) is 0.480. The van der Waals surface area contributed by atoms with E-state index in [4.69, 9.17) is 4.74 Å². The van der Waals surface area contributed by atoms with E-state index < -0.39 is 0 Å². The van der Waals surface area contributed by atoms with Crippen molar-refractivity contribution in [1.82, 2.24) is 4.90 Å². The Morgan fingerprint density at radius 2 is 1.79 bits per heavy atom. The Bertz CT molecular complexity index is 813. The second-order valence-electron chi connectivity index (χ2n) is 8.58. The van der Waals surface area contributed by atoms with Crippen LogP contribution in [0.4, 0.5) is 10.5 Å². The maximum absolute atomic E-state index is 12.2. The second kappa shape index (κ2) is 9.00. The van der Waals surface area contributed by atoms with E-state index in [0.29, 0.717) is 18.1 Å². The van der Waals surface area contributed by atoms with E-state index in [0.717, 1.165) is 24.3 Å². The van der Waals surface area contributed by atoms with Crippen LogP contribution >= 0.6 is 0 Å². The summed E-state index contributed by atoms with van der Waals surface area (Å²) >= 11 is 0. The van der Waals surface area contributed by atoms with Crippen molar-refractivity contribution < 1.29 is 9.53 Å². The molecule has 0 unspecified atom stereocenters. The highest BCUT2D eigenvalue weighted by Crippen LogP contribution is 2.46. The molecule has 1 N–H and O–H groups in total. The highest BCUT2D eigenvalue weighted by molar-refractivity contribution is 5.85. The molecule has 1 heterocycles. The molecule has 2 aromatic rings. The molecule has 1 saturated heterocycles. The van der Waals surface area contributed by atoms with E-state index in [9.17, 15) is 4.79 Å². The number of aryl methyl sites for hydroxylation is 1. The molecular weight excluding hydrogens is 360 g/mol. The van der Waals surface area contributed by atoms with Crippen molar-refractivity contribution in [2.45, 2.75) is 56.9 Å². The zero-order chi connectivity index (χ0) is 20.1. The summed E-state index contributed by atoms with van der Waals surface area (Å²) in [5.41, 5.74) is 3.66. The molecule has 29 heavy (non-hydrogen) atoms. The first-order chi connectivity index (χ1) is 14.2. The molecule has 2 aliphatic rings. The van der Waals surface area contributed by atoms with Gasteiger partial charge in [-0.1, -0.05) is 48.5 Å². The fourth-order valence-corrected chi connectivity index (χ4v) is 5.23. The van der Waals surface area contributed by atoms with Crippen LogP contribution in [0.2, 0.25) is 0 Å². The molecule has 0 aromatic heterocycles. The van der Waals surface area contributed by atoms with Crippen molar-refractivity contribution in [2.24, 2.45) is 0 Å². The molecule has 1 aliphatic heterocycles. The first-order valence-electron chi connectivity index (χ1n) is 11.0. The highest BCUT2D eigenvalue weighted by Gasteiger charge is 2.43. The standard InChI is InChI=1S/C25H32N2O2/c1-20-8-5-6-11-23(20)26-24(28)29-19-18-27-17-7-14-25(27)15-12-22(13-16-25)21-9-3-2-4-10-21/h2-6,8-11,22H,7,12-19H2,1H3,(H,26,28). The van der Waals surface area contributed by atoms with Gasteiger partial charge in [0.2, 0.25) is 0 Å². The van der Waals surface area contributed by atoms with Crippen molar-refractivity contribution in [2.75, 3.05) is 25.0 Å². The number of para-hydroxylation sites is 1. The van der Waals surface area contributed by atoms with Crippen molar-refractivity contribution in [1.29, 1.82) is 0 Å². The molecule has 0 atom stereocenters. The van der Waals surface area contributed by atoms with E-state index in [1.807, 2.05) is 31.2 Å². The van der Waals surface area contributed by atoms with Crippen molar-refractivity contribution in [3.8, 4) is 0 Å². The van der Waals surface area contributed by atoms with Gasteiger partial charge in [0.1, 0.15) is 6.61 Å². The number of nitrogens with zero attached hydrogens (tertiary/aromatic N) is 1. The quantitative estimate of drug-likeness (QED) is 0.706. The van der Waals surface area contributed by atoms with E-state index in [1.54, 1.807) is 0 Å². The molecule has 0 bridgehead atoms. The third-order valence-electron chi connectivity index (χ3n) is 6.90. The van der Waals surface area contributed by atoms with Crippen LogP contribution in [-0.4, -0.2) is 36.2 Å². The fourth-order valence-electron chi connectivity index (χ4n) is 5.23. The summed E-state index contributed by atoms with van der Waals surface area (Å²) in [6.07, 6.45) is 7.20. The average Bonchev–Trinajstić information content (AvgIpc) is 3.13. The largest absolute Gasteiger partial charge is 0.448 e. The predicted octanol–water partition coefficient (Wildman–Crippen LogP) is 5.74. The first-order valence-corrected chi connectivity index (χ1v) is 11.0. The van der Waals surface area contributed by atoms with Crippen LogP contribution < -0.4 is 5.32 Å². The van der Waals surface area contributed by atoms with Crippen molar-refractivity contribution in [3.05, 3.63) is 65.7 Å². The Balaban J connectivity index is 1.26. The van der Waals surface area contributed by atoms with Gasteiger partial charge in [0.25, 0.3) is 0 Å². The minimum atomic E-state index is -0.361. The van der Waals surface area contributed by atoms with Gasteiger partial charge in [-0.2, -0.15) is 0 Å². The Hall–Kier alpha value is -2.33. The molecule has 2 fully saturated rings. The molecule has 1 spiro atoms. The summed E-state index contributed by atoms with van der Waals surface area (Å²) in [5.74, 6) is 0.695. The third-order valence-corrected chi connectivity index (χ3v) is 6.90. The van der Waals surface area contributed by atoms with Gasteiger partial charge < -0.3 is 4.74 Å². The van der Waals surface area contributed by atoms with Gasteiger partial charge in [0.15, 0.2) is 0 Å². The van der Waals surface area contributed by atoms with Crippen LogP contribution in [0, 0.1) is 6.92 Å². The van der Waals surface area contributed by atoms with E-state index in [1.165, 1.54) is 44.1 Å². The van der Waals surface area contributed by atoms with E-state index >= 15 is 0 Å². The monoisotopic (exact) mass is 392 g/mol. The number of nitrogens with one attached hydrogen (secondary N) is 1. The molecule has 4 heteroatoms. The molecule has 1 aliphatic carbocycles. The lowest BCUT2D eigenvalue weighted by Crippen LogP contribution is -2.47. The number of rotatable bonds is 5. The minimum Gasteiger partial charge on any atom is -0.448 e. The topological polar surface area (TPSA) is 41.6 Å². The van der Waals surface area contributed by atoms with Crippen LogP contribution in [0.3, 0.4) is 0 Å². The zero-order valence-corrected chi connectivity index (χ0v) is 17.4. The number of hydrogen-bond acceptors (Lipinski definition) is 3.